The minimum Gasteiger partial charge on any atom is -0.327 e. The van der Waals surface area contributed by atoms with Crippen molar-refractivity contribution < 1.29 is 4.79 Å². The van der Waals surface area contributed by atoms with Crippen molar-refractivity contribution in [2.45, 2.75) is 39.2 Å². The van der Waals surface area contributed by atoms with Gasteiger partial charge in [0.15, 0.2) is 0 Å². The molecule has 3 nitrogen and oxygen atoms in total. The predicted molar refractivity (Wildman–Crippen MR) is 67.3 cm³/mol. The second kappa shape index (κ2) is 6.28. The normalized spacial score (nSPS) is 12.2. The molecular weight excluding hydrogens is 200 g/mol. The lowest BCUT2D eigenvalue weighted by Crippen LogP contribution is -2.21. The van der Waals surface area contributed by atoms with E-state index in [0.717, 1.165) is 18.5 Å². The third-order valence-corrected chi connectivity index (χ3v) is 2.58. The van der Waals surface area contributed by atoms with Gasteiger partial charge in [0.2, 0.25) is 5.91 Å². The van der Waals surface area contributed by atoms with Gasteiger partial charge in [-0.2, -0.15) is 0 Å². The molecule has 0 heterocycles. The van der Waals surface area contributed by atoms with Crippen LogP contribution >= 0.6 is 0 Å². The Kier molecular flexibility index (Phi) is 4.99. The predicted octanol–water partition coefficient (Wildman–Crippen LogP) is 2.31. The highest BCUT2D eigenvalue weighted by Gasteiger charge is 2.02. The van der Waals surface area contributed by atoms with Gasteiger partial charge in [-0.1, -0.05) is 26.0 Å². The van der Waals surface area contributed by atoms with Gasteiger partial charge in [0, 0.05) is 18.2 Å². The maximum absolute atomic E-state index is 11.2. The number of nitrogens with one attached hydrogen (secondary N) is 1. The molecule has 3 N–H and O–H groups in total. The second-order valence-corrected chi connectivity index (χ2v) is 3.97. The summed E-state index contributed by atoms with van der Waals surface area (Å²) in [7, 11) is 0. The van der Waals surface area contributed by atoms with Crippen LogP contribution in [-0.2, 0) is 11.2 Å². The minimum atomic E-state index is 0.0398. The molecule has 1 amide bonds. The Labute approximate surface area is 97.0 Å². The number of hydrogen-bond donors (Lipinski definition) is 2. The number of rotatable bonds is 5. The van der Waals surface area contributed by atoms with Crippen molar-refractivity contribution in [1.82, 2.24) is 0 Å². The molecule has 0 radical (unpaired) electrons. The van der Waals surface area contributed by atoms with Gasteiger partial charge >= 0.3 is 0 Å². The lowest BCUT2D eigenvalue weighted by atomic mass is 10.0. The Hall–Kier alpha value is -1.35. The molecule has 0 spiro atoms. The number of hydrogen-bond acceptors (Lipinski definition) is 2. The van der Waals surface area contributed by atoms with E-state index in [1.165, 1.54) is 5.56 Å². The van der Waals surface area contributed by atoms with E-state index in [1.54, 1.807) is 0 Å². The van der Waals surface area contributed by atoms with E-state index >= 15 is 0 Å². The monoisotopic (exact) mass is 220 g/mol. The lowest BCUT2D eigenvalue weighted by Gasteiger charge is -2.09. The van der Waals surface area contributed by atoms with Crippen LogP contribution in [0.1, 0.15) is 32.3 Å². The zero-order chi connectivity index (χ0) is 12.0. The fraction of sp³-hybridized carbons (Fsp3) is 0.462. The standard InChI is InChI=1S/C13H20N2O/c1-3-11(14)9-10-5-7-12(8-6-10)15-13(16)4-2/h5-8,11H,3-4,9,14H2,1-2H3,(H,15,16). The van der Waals surface area contributed by atoms with Crippen molar-refractivity contribution in [3.63, 3.8) is 0 Å². The SMILES string of the molecule is CCC(=O)Nc1ccc(CC(N)CC)cc1. The summed E-state index contributed by atoms with van der Waals surface area (Å²) in [4.78, 5) is 11.2. The molecule has 0 aromatic heterocycles. The molecule has 0 aliphatic carbocycles. The summed E-state index contributed by atoms with van der Waals surface area (Å²) in [6, 6.07) is 8.09. The Morgan fingerprint density at radius 2 is 1.94 bits per heavy atom. The number of carbonyl (C=O) groups excluding carboxylic acids is 1. The van der Waals surface area contributed by atoms with Crippen molar-refractivity contribution in [3.8, 4) is 0 Å². The molecule has 3 heteroatoms. The first-order chi connectivity index (χ1) is 7.65. The molecule has 0 aliphatic rings. The average molecular weight is 220 g/mol. The number of anilines is 1. The first-order valence-corrected chi connectivity index (χ1v) is 5.80. The van der Waals surface area contributed by atoms with E-state index in [9.17, 15) is 4.79 Å². The van der Waals surface area contributed by atoms with Gasteiger partial charge in [0.1, 0.15) is 0 Å². The third kappa shape index (κ3) is 4.03. The molecule has 16 heavy (non-hydrogen) atoms. The quantitative estimate of drug-likeness (QED) is 0.800. The highest BCUT2D eigenvalue weighted by atomic mass is 16.1. The van der Waals surface area contributed by atoms with Crippen molar-refractivity contribution in [1.29, 1.82) is 0 Å². The molecule has 88 valence electrons. The van der Waals surface area contributed by atoms with Gasteiger partial charge in [0.05, 0.1) is 0 Å². The summed E-state index contributed by atoms with van der Waals surface area (Å²) < 4.78 is 0. The summed E-state index contributed by atoms with van der Waals surface area (Å²) in [6.45, 7) is 3.92. The summed E-state index contributed by atoms with van der Waals surface area (Å²) in [5.41, 5.74) is 7.94. The van der Waals surface area contributed by atoms with Crippen LogP contribution in [0.2, 0.25) is 0 Å². The highest BCUT2D eigenvalue weighted by molar-refractivity contribution is 5.90. The Morgan fingerprint density at radius 1 is 1.31 bits per heavy atom. The summed E-state index contributed by atoms with van der Waals surface area (Å²) in [5.74, 6) is 0.0398. The molecular formula is C13H20N2O. The first kappa shape index (κ1) is 12.7. The van der Waals surface area contributed by atoms with Crippen LogP contribution in [0.5, 0.6) is 0 Å². The van der Waals surface area contributed by atoms with E-state index in [1.807, 2.05) is 31.2 Å². The van der Waals surface area contributed by atoms with Gasteiger partial charge < -0.3 is 11.1 Å². The molecule has 1 unspecified atom stereocenters. The Balaban J connectivity index is 2.57. The fourth-order valence-corrected chi connectivity index (χ4v) is 1.42. The highest BCUT2D eigenvalue weighted by Crippen LogP contribution is 2.11. The van der Waals surface area contributed by atoms with Gasteiger partial charge in [0.25, 0.3) is 0 Å². The second-order valence-electron chi connectivity index (χ2n) is 3.97. The van der Waals surface area contributed by atoms with Crippen LogP contribution < -0.4 is 11.1 Å². The summed E-state index contributed by atoms with van der Waals surface area (Å²) in [6.07, 6.45) is 2.37. The number of benzene rings is 1. The fourth-order valence-electron chi connectivity index (χ4n) is 1.42. The van der Waals surface area contributed by atoms with E-state index in [4.69, 9.17) is 5.73 Å². The van der Waals surface area contributed by atoms with Gasteiger partial charge in [-0.05, 0) is 30.5 Å². The minimum absolute atomic E-state index is 0.0398. The number of amides is 1. The molecule has 0 fully saturated rings. The van der Waals surface area contributed by atoms with Gasteiger partial charge in [-0.25, -0.2) is 0 Å². The number of nitrogens with two attached hydrogens (primary N) is 1. The molecule has 0 bridgehead atoms. The van der Waals surface area contributed by atoms with Crippen LogP contribution in [0.4, 0.5) is 5.69 Å². The maximum atomic E-state index is 11.2. The Bertz CT molecular complexity index is 332. The zero-order valence-corrected chi connectivity index (χ0v) is 9.99. The van der Waals surface area contributed by atoms with Crippen LogP contribution in [0.25, 0.3) is 0 Å². The number of carbonyl (C=O) groups is 1. The van der Waals surface area contributed by atoms with E-state index in [0.29, 0.717) is 6.42 Å². The molecule has 0 aliphatic heterocycles. The largest absolute Gasteiger partial charge is 0.327 e. The Morgan fingerprint density at radius 3 is 2.44 bits per heavy atom. The summed E-state index contributed by atoms with van der Waals surface area (Å²) in [5, 5.41) is 2.82. The van der Waals surface area contributed by atoms with E-state index in [2.05, 4.69) is 12.2 Å². The maximum Gasteiger partial charge on any atom is 0.224 e. The van der Waals surface area contributed by atoms with Gasteiger partial charge in [-0.3, -0.25) is 4.79 Å². The van der Waals surface area contributed by atoms with E-state index < -0.39 is 0 Å². The average Bonchev–Trinajstić information content (AvgIpc) is 2.31. The topological polar surface area (TPSA) is 55.1 Å². The van der Waals surface area contributed by atoms with Crippen LogP contribution in [-0.4, -0.2) is 11.9 Å². The van der Waals surface area contributed by atoms with Crippen molar-refractivity contribution in [2.24, 2.45) is 5.73 Å². The first-order valence-electron chi connectivity index (χ1n) is 5.80. The molecule has 1 atom stereocenters. The third-order valence-electron chi connectivity index (χ3n) is 2.58. The van der Waals surface area contributed by atoms with Crippen molar-refractivity contribution >= 4 is 11.6 Å². The van der Waals surface area contributed by atoms with Crippen molar-refractivity contribution in [3.05, 3.63) is 29.8 Å². The van der Waals surface area contributed by atoms with Crippen molar-refractivity contribution in [2.75, 3.05) is 5.32 Å². The van der Waals surface area contributed by atoms with Crippen LogP contribution in [0, 0.1) is 0 Å². The van der Waals surface area contributed by atoms with Crippen LogP contribution in [0.15, 0.2) is 24.3 Å². The van der Waals surface area contributed by atoms with Gasteiger partial charge in [-0.15, -0.1) is 0 Å². The summed E-state index contributed by atoms with van der Waals surface area (Å²) >= 11 is 0. The molecule has 1 rings (SSSR count). The zero-order valence-electron chi connectivity index (χ0n) is 9.99. The lowest BCUT2D eigenvalue weighted by molar-refractivity contribution is -0.115. The molecule has 1 aromatic rings. The van der Waals surface area contributed by atoms with Crippen LogP contribution in [0.3, 0.4) is 0 Å². The smallest absolute Gasteiger partial charge is 0.224 e. The molecule has 1 aromatic carbocycles. The molecule has 0 saturated heterocycles. The molecule has 0 saturated carbocycles. The van der Waals surface area contributed by atoms with E-state index in [-0.39, 0.29) is 11.9 Å².